The molecule has 1 amide bonds. The fraction of sp³-hybridized carbons (Fsp3) is 0.304. The molecule has 4 rings (SSSR count). The predicted octanol–water partition coefficient (Wildman–Crippen LogP) is 4.20. The summed E-state index contributed by atoms with van der Waals surface area (Å²) < 4.78 is 13.1. The van der Waals surface area contributed by atoms with Crippen LogP contribution in [0.15, 0.2) is 48.7 Å². The molecule has 3 aromatic rings. The molecule has 1 aliphatic rings. The molecule has 1 aromatic heterocycles. The highest BCUT2D eigenvalue weighted by molar-refractivity contribution is 5.93. The van der Waals surface area contributed by atoms with E-state index < -0.39 is 0 Å². The molecule has 0 saturated carbocycles. The van der Waals surface area contributed by atoms with E-state index in [0.717, 1.165) is 39.6 Å². The Bertz CT molecular complexity index is 1020. The highest BCUT2D eigenvalue weighted by Crippen LogP contribution is 2.38. The molecule has 0 saturated heterocycles. The lowest BCUT2D eigenvalue weighted by molar-refractivity contribution is -0.119. The minimum atomic E-state index is -0.0109. The van der Waals surface area contributed by atoms with Crippen molar-refractivity contribution in [3.05, 3.63) is 59.8 Å². The number of ether oxygens (including phenoxy) is 2. The Balaban J connectivity index is 1.60. The van der Waals surface area contributed by atoms with Gasteiger partial charge < -0.3 is 14.4 Å². The third-order valence-electron chi connectivity index (χ3n) is 5.05. The van der Waals surface area contributed by atoms with Crippen molar-refractivity contribution in [3.8, 4) is 22.8 Å². The van der Waals surface area contributed by atoms with E-state index in [-0.39, 0.29) is 12.5 Å². The Morgan fingerprint density at radius 2 is 2.00 bits per heavy atom. The van der Waals surface area contributed by atoms with Crippen LogP contribution in [0.1, 0.15) is 25.0 Å². The van der Waals surface area contributed by atoms with Crippen molar-refractivity contribution in [2.24, 2.45) is 0 Å². The zero-order valence-corrected chi connectivity index (χ0v) is 17.0. The van der Waals surface area contributed by atoms with Crippen LogP contribution in [0.25, 0.3) is 11.3 Å². The molecule has 6 nitrogen and oxygen atoms in total. The van der Waals surface area contributed by atoms with E-state index in [9.17, 15) is 4.79 Å². The van der Waals surface area contributed by atoms with E-state index >= 15 is 0 Å². The number of aromatic nitrogens is 2. The van der Waals surface area contributed by atoms with Crippen LogP contribution in [0.5, 0.6) is 11.5 Å². The van der Waals surface area contributed by atoms with Gasteiger partial charge in [0.2, 0.25) is 5.91 Å². The lowest BCUT2D eigenvalue weighted by Gasteiger charge is -2.23. The maximum absolute atomic E-state index is 13.1. The molecule has 0 bridgehead atoms. The number of amides is 1. The van der Waals surface area contributed by atoms with Crippen LogP contribution in [0.3, 0.4) is 0 Å². The quantitative estimate of drug-likeness (QED) is 0.632. The number of aryl methyl sites for hydroxylation is 1. The molecule has 0 aliphatic carbocycles. The van der Waals surface area contributed by atoms with Gasteiger partial charge >= 0.3 is 0 Å². The molecule has 0 fully saturated rings. The van der Waals surface area contributed by atoms with Gasteiger partial charge in [-0.25, -0.2) is 0 Å². The first kappa shape index (κ1) is 19.1. The molecule has 0 unspecified atom stereocenters. The standard InChI is InChI=1S/C23H25N3O3/c1-4-25(18-7-9-19(10-8-18)28-5-2)22(27)14-26-23-17(13-24-26)15-29-21-11-6-16(3)12-20(21)23/h6-13H,4-5,14-15H2,1-3H3. The Hall–Kier alpha value is -3.28. The van der Waals surface area contributed by atoms with Crippen molar-refractivity contribution in [2.45, 2.75) is 33.9 Å². The van der Waals surface area contributed by atoms with Crippen molar-refractivity contribution >= 4 is 11.6 Å². The number of carbonyl (C=O) groups is 1. The molecule has 2 heterocycles. The Labute approximate surface area is 170 Å². The van der Waals surface area contributed by atoms with Crippen LogP contribution in [0.2, 0.25) is 0 Å². The number of hydrogen-bond donors (Lipinski definition) is 0. The van der Waals surface area contributed by atoms with Crippen molar-refractivity contribution in [1.82, 2.24) is 9.78 Å². The number of carbonyl (C=O) groups excluding carboxylic acids is 1. The molecule has 6 heteroatoms. The normalized spacial score (nSPS) is 12.0. The molecular formula is C23H25N3O3. The first-order chi connectivity index (χ1) is 14.1. The van der Waals surface area contributed by atoms with Gasteiger partial charge in [0.15, 0.2) is 0 Å². The third-order valence-corrected chi connectivity index (χ3v) is 5.05. The molecule has 0 N–H and O–H groups in total. The van der Waals surface area contributed by atoms with Crippen LogP contribution in [0.4, 0.5) is 5.69 Å². The van der Waals surface area contributed by atoms with Crippen LogP contribution in [-0.2, 0) is 17.9 Å². The van der Waals surface area contributed by atoms with Gasteiger partial charge in [-0.1, -0.05) is 11.6 Å². The summed E-state index contributed by atoms with van der Waals surface area (Å²) >= 11 is 0. The van der Waals surface area contributed by atoms with Crippen LogP contribution in [0, 0.1) is 6.92 Å². The van der Waals surface area contributed by atoms with E-state index in [0.29, 0.717) is 19.8 Å². The fourth-order valence-corrected chi connectivity index (χ4v) is 3.68. The number of likely N-dealkylation sites (N-methyl/N-ethyl adjacent to an activating group) is 1. The topological polar surface area (TPSA) is 56.6 Å². The Morgan fingerprint density at radius 1 is 1.21 bits per heavy atom. The second-order valence-electron chi connectivity index (χ2n) is 7.03. The smallest absolute Gasteiger partial charge is 0.248 e. The average Bonchev–Trinajstić information content (AvgIpc) is 3.13. The summed E-state index contributed by atoms with van der Waals surface area (Å²) in [6.45, 7) is 7.80. The molecule has 0 radical (unpaired) electrons. The molecule has 0 atom stereocenters. The van der Waals surface area contributed by atoms with E-state index in [1.165, 1.54) is 0 Å². The highest BCUT2D eigenvalue weighted by atomic mass is 16.5. The summed E-state index contributed by atoms with van der Waals surface area (Å²) in [5.74, 6) is 1.62. The summed E-state index contributed by atoms with van der Waals surface area (Å²) in [5.41, 5.74) is 4.94. The van der Waals surface area contributed by atoms with Gasteiger partial charge in [-0.15, -0.1) is 0 Å². The molecule has 0 spiro atoms. The fourth-order valence-electron chi connectivity index (χ4n) is 3.68. The first-order valence-electron chi connectivity index (χ1n) is 9.92. The van der Waals surface area contributed by atoms with Gasteiger partial charge in [-0.2, -0.15) is 5.10 Å². The third kappa shape index (κ3) is 3.70. The minimum absolute atomic E-state index is 0.0109. The number of fused-ring (bicyclic) bond motifs is 3. The number of nitrogens with zero attached hydrogens (tertiary/aromatic N) is 3. The Morgan fingerprint density at radius 3 is 2.72 bits per heavy atom. The van der Waals surface area contributed by atoms with E-state index in [4.69, 9.17) is 9.47 Å². The van der Waals surface area contributed by atoms with E-state index in [1.807, 2.05) is 57.2 Å². The van der Waals surface area contributed by atoms with Crippen molar-refractivity contribution in [1.29, 1.82) is 0 Å². The van der Waals surface area contributed by atoms with Gasteiger partial charge in [0.05, 0.1) is 18.5 Å². The molecule has 29 heavy (non-hydrogen) atoms. The van der Waals surface area contributed by atoms with Crippen molar-refractivity contribution < 1.29 is 14.3 Å². The second kappa shape index (κ2) is 7.99. The highest BCUT2D eigenvalue weighted by Gasteiger charge is 2.24. The lowest BCUT2D eigenvalue weighted by Crippen LogP contribution is -2.34. The van der Waals surface area contributed by atoms with Gasteiger partial charge in [0.1, 0.15) is 24.7 Å². The summed E-state index contributed by atoms with van der Waals surface area (Å²) in [6, 6.07) is 13.7. The number of anilines is 1. The number of hydrogen-bond acceptors (Lipinski definition) is 4. The maximum atomic E-state index is 13.1. The van der Waals surface area contributed by atoms with Crippen LogP contribution in [-0.4, -0.2) is 28.8 Å². The molecule has 1 aliphatic heterocycles. The van der Waals surface area contributed by atoms with Gasteiger partial charge in [0, 0.05) is 23.4 Å². The number of rotatable bonds is 6. The maximum Gasteiger partial charge on any atom is 0.248 e. The van der Waals surface area contributed by atoms with E-state index in [1.54, 1.807) is 15.8 Å². The summed E-state index contributed by atoms with van der Waals surface area (Å²) in [6.07, 6.45) is 1.79. The summed E-state index contributed by atoms with van der Waals surface area (Å²) in [4.78, 5) is 14.9. The monoisotopic (exact) mass is 391 g/mol. The summed E-state index contributed by atoms with van der Waals surface area (Å²) in [7, 11) is 0. The van der Waals surface area contributed by atoms with Crippen LogP contribution < -0.4 is 14.4 Å². The zero-order chi connectivity index (χ0) is 20.4. The summed E-state index contributed by atoms with van der Waals surface area (Å²) in [5, 5.41) is 4.48. The van der Waals surface area contributed by atoms with Crippen molar-refractivity contribution in [3.63, 3.8) is 0 Å². The lowest BCUT2D eigenvalue weighted by atomic mass is 10.0. The average molecular weight is 391 g/mol. The molecular weight excluding hydrogens is 366 g/mol. The molecule has 150 valence electrons. The van der Waals surface area contributed by atoms with Gasteiger partial charge in [-0.3, -0.25) is 9.48 Å². The first-order valence-corrected chi connectivity index (χ1v) is 9.92. The second-order valence-corrected chi connectivity index (χ2v) is 7.03. The van der Waals surface area contributed by atoms with Gasteiger partial charge in [0.25, 0.3) is 0 Å². The Kier molecular flexibility index (Phi) is 5.25. The number of benzene rings is 2. The molecule has 2 aromatic carbocycles. The van der Waals surface area contributed by atoms with E-state index in [2.05, 4.69) is 11.2 Å². The van der Waals surface area contributed by atoms with Gasteiger partial charge in [-0.05, 0) is 57.2 Å². The SMILES string of the molecule is CCOc1ccc(N(CC)C(=O)Cn2ncc3c2-c2cc(C)ccc2OC3)cc1. The zero-order valence-electron chi connectivity index (χ0n) is 17.0. The predicted molar refractivity (Wildman–Crippen MR) is 112 cm³/mol. The van der Waals surface area contributed by atoms with Crippen LogP contribution >= 0.6 is 0 Å². The van der Waals surface area contributed by atoms with Crippen molar-refractivity contribution in [2.75, 3.05) is 18.1 Å². The minimum Gasteiger partial charge on any atom is -0.494 e. The largest absolute Gasteiger partial charge is 0.494 e.